The lowest BCUT2D eigenvalue weighted by molar-refractivity contribution is 0.0595. The first kappa shape index (κ1) is 52.0. The Kier molecular flexibility index (Phi) is 14.8. The summed E-state index contributed by atoms with van der Waals surface area (Å²) in [6.07, 6.45) is 8.29. The number of nitrogens with zero attached hydrogens (tertiary/aromatic N) is 10. The number of carbonyl (C=O) groups is 2. The Balaban J connectivity index is 0.000000128. The van der Waals surface area contributed by atoms with Crippen LogP contribution in [0.5, 0.6) is 0 Å². The van der Waals surface area contributed by atoms with Crippen molar-refractivity contribution in [3.05, 3.63) is 226 Å². The zero-order valence-corrected chi connectivity index (χ0v) is 44.8. The van der Waals surface area contributed by atoms with Gasteiger partial charge in [0.25, 0.3) is 11.8 Å². The fraction of sp³-hybridized carbons (Fsp3) is 0.0984. The standard InChI is InChI=1S/C24H16ClN3O2.C21H16ClN7.C16H14ClN3/c1-14(28-23(29)16-8-2-3-9-17(16)24(28)30)18-13-15-7-6-10-19(25)21(15)27-22(18)20-11-4-5-12-26-20;1-12(28-21-19-20(25-10-24-19)26-11-27-21)14-9-13-5-4-6-15(22)17(13)29-18(14)16-7-2-3-8-23-16;1-10(18)12-9-11-5-4-6-13(17)15(11)20-16(12)14-7-2-3-8-19-14/h2-14H,1H3;2-12H,1H3,(H2,24,25,26,27,28);2-10H,18H2,1H3/t14-;12-;10-/m000/s1. The number of hydrogen-bond acceptors (Lipinski definition) is 13. The number of nitrogens with one attached hydrogen (secondary N) is 2. The number of aromatic amines is 1. The second-order valence-electron chi connectivity index (χ2n) is 18.5. The highest BCUT2D eigenvalue weighted by Crippen LogP contribution is 2.39. The summed E-state index contributed by atoms with van der Waals surface area (Å²) in [5.74, 6) is 0.0701. The molecule has 0 fully saturated rings. The Morgan fingerprint density at radius 2 is 0.949 bits per heavy atom. The van der Waals surface area contributed by atoms with Gasteiger partial charge >= 0.3 is 0 Å². The normalized spacial score (nSPS) is 13.1. The number of halogens is 3. The van der Waals surface area contributed by atoms with E-state index in [1.807, 2.05) is 129 Å². The molecule has 79 heavy (non-hydrogen) atoms. The molecule has 1 aliphatic rings. The fourth-order valence-corrected chi connectivity index (χ4v) is 10.2. The predicted molar refractivity (Wildman–Crippen MR) is 312 cm³/mol. The molecule has 9 heterocycles. The highest BCUT2D eigenvalue weighted by molar-refractivity contribution is 6.36. The highest BCUT2D eigenvalue weighted by atomic mass is 35.5. The van der Waals surface area contributed by atoms with Gasteiger partial charge in [-0.15, -0.1) is 0 Å². The molecule has 4 N–H and O–H groups in total. The van der Waals surface area contributed by atoms with E-state index in [9.17, 15) is 9.59 Å². The summed E-state index contributed by atoms with van der Waals surface area (Å²) in [7, 11) is 0. The van der Waals surface area contributed by atoms with Crippen molar-refractivity contribution in [1.82, 2.24) is 54.7 Å². The van der Waals surface area contributed by atoms with Crippen molar-refractivity contribution in [3.63, 3.8) is 0 Å². The van der Waals surface area contributed by atoms with Crippen LogP contribution in [0.1, 0.15) is 76.3 Å². The number of pyridine rings is 6. The number of anilines is 1. The summed E-state index contributed by atoms with van der Waals surface area (Å²) in [5, 5.41) is 8.03. The molecule has 0 spiro atoms. The number of amides is 2. The number of aromatic nitrogens is 10. The van der Waals surface area contributed by atoms with Crippen LogP contribution < -0.4 is 11.1 Å². The van der Waals surface area contributed by atoms with E-state index < -0.39 is 6.04 Å². The number of hydrogen-bond donors (Lipinski definition) is 3. The van der Waals surface area contributed by atoms with Crippen LogP contribution >= 0.6 is 34.8 Å². The van der Waals surface area contributed by atoms with Crippen LogP contribution in [0.25, 0.3) is 78.0 Å². The van der Waals surface area contributed by atoms with Crippen molar-refractivity contribution >= 4 is 96.3 Å². The van der Waals surface area contributed by atoms with E-state index in [-0.39, 0.29) is 23.9 Å². The van der Waals surface area contributed by atoms with Gasteiger partial charge in [-0.1, -0.05) is 102 Å². The minimum Gasteiger partial charge on any atom is -0.362 e. The van der Waals surface area contributed by atoms with Gasteiger partial charge in [-0.25, -0.2) is 29.9 Å². The lowest BCUT2D eigenvalue weighted by Gasteiger charge is -2.25. The maximum absolute atomic E-state index is 13.0. The van der Waals surface area contributed by atoms with Crippen molar-refractivity contribution in [1.29, 1.82) is 0 Å². The molecule has 1 aliphatic heterocycles. The van der Waals surface area contributed by atoms with Gasteiger partial charge in [-0.3, -0.25) is 29.4 Å². The third-order valence-electron chi connectivity index (χ3n) is 13.4. The van der Waals surface area contributed by atoms with Crippen LogP contribution in [0.15, 0.2) is 183 Å². The lowest BCUT2D eigenvalue weighted by atomic mass is 10.00. The summed E-state index contributed by atoms with van der Waals surface area (Å²) in [5.41, 5.74) is 17.6. The van der Waals surface area contributed by atoms with Crippen LogP contribution in [0, 0.1) is 0 Å². The van der Waals surface area contributed by atoms with Crippen molar-refractivity contribution in [2.24, 2.45) is 5.73 Å². The molecule has 4 aromatic carbocycles. The molecule has 3 atom stereocenters. The summed E-state index contributed by atoms with van der Waals surface area (Å²) in [4.78, 5) is 70.8. The molecular weight excluding hydrogens is 1050 g/mol. The summed E-state index contributed by atoms with van der Waals surface area (Å²) >= 11 is 19.0. The van der Waals surface area contributed by atoms with Crippen molar-refractivity contribution < 1.29 is 9.59 Å². The van der Waals surface area contributed by atoms with Gasteiger partial charge < -0.3 is 16.0 Å². The van der Waals surface area contributed by atoms with E-state index in [0.29, 0.717) is 54.6 Å². The molecule has 0 bridgehead atoms. The monoisotopic (exact) mass is 1100 g/mol. The maximum Gasteiger partial charge on any atom is 0.262 e. The van der Waals surface area contributed by atoms with E-state index in [4.69, 9.17) is 55.5 Å². The van der Waals surface area contributed by atoms with Crippen molar-refractivity contribution in [2.45, 2.75) is 38.9 Å². The number of imidazole rings is 1. The topological polar surface area (TPSA) is 207 Å². The third-order valence-corrected chi connectivity index (χ3v) is 14.3. The zero-order chi connectivity index (χ0) is 54.7. The van der Waals surface area contributed by atoms with Gasteiger partial charge in [-0.2, -0.15) is 0 Å². The molecule has 13 rings (SSSR count). The summed E-state index contributed by atoms with van der Waals surface area (Å²) in [6.45, 7) is 5.84. The average Bonchev–Trinajstić information content (AvgIpc) is 4.18. The molecule has 0 aliphatic carbocycles. The number of benzene rings is 4. The first-order valence-corrected chi connectivity index (χ1v) is 26.2. The molecule has 0 unspecified atom stereocenters. The smallest absolute Gasteiger partial charge is 0.262 e. The number of H-pyrrole nitrogens is 1. The predicted octanol–water partition coefficient (Wildman–Crippen LogP) is 14.1. The number of rotatable bonds is 9. The second kappa shape index (κ2) is 22.5. The Labute approximate surface area is 468 Å². The largest absolute Gasteiger partial charge is 0.362 e. The highest BCUT2D eigenvalue weighted by Gasteiger charge is 2.39. The quantitative estimate of drug-likeness (QED) is 0.115. The Morgan fingerprint density at radius 1 is 0.506 bits per heavy atom. The van der Waals surface area contributed by atoms with Crippen LogP contribution in [0.3, 0.4) is 0 Å². The van der Waals surface area contributed by atoms with E-state index in [0.717, 1.165) is 72.2 Å². The number of fused-ring (bicyclic) bond motifs is 5. The van der Waals surface area contributed by atoms with Gasteiger partial charge in [0.05, 0.1) is 95.3 Å². The molecule has 15 nitrogen and oxygen atoms in total. The van der Waals surface area contributed by atoms with E-state index >= 15 is 0 Å². The molecule has 388 valence electrons. The average molecular weight is 1100 g/mol. The number of para-hydroxylation sites is 3. The van der Waals surface area contributed by atoms with Gasteiger partial charge in [0.1, 0.15) is 11.8 Å². The van der Waals surface area contributed by atoms with Crippen LogP contribution in [-0.2, 0) is 0 Å². The third kappa shape index (κ3) is 10.4. The van der Waals surface area contributed by atoms with E-state index in [1.165, 1.54) is 11.2 Å². The number of nitrogens with two attached hydrogens (primary N) is 1. The zero-order valence-electron chi connectivity index (χ0n) is 42.6. The Morgan fingerprint density at radius 3 is 1.42 bits per heavy atom. The fourth-order valence-electron chi connectivity index (χ4n) is 9.51. The Bertz CT molecular complexity index is 4210. The molecule has 8 aromatic heterocycles. The molecule has 0 saturated carbocycles. The van der Waals surface area contributed by atoms with E-state index in [2.05, 4.69) is 53.2 Å². The van der Waals surface area contributed by atoms with Crippen LogP contribution in [-0.4, -0.2) is 66.6 Å². The second-order valence-corrected chi connectivity index (χ2v) is 19.8. The van der Waals surface area contributed by atoms with E-state index in [1.54, 1.807) is 55.2 Å². The maximum atomic E-state index is 13.0. The number of carbonyl (C=O) groups excluding carboxylic acids is 2. The summed E-state index contributed by atoms with van der Waals surface area (Å²) in [6, 6.07) is 46.3. The first-order chi connectivity index (χ1) is 38.4. The SMILES string of the molecule is C[C@@H](c1cc2cccc(Cl)c2nc1-c1ccccn1)N1C(=O)c2ccccc2C1=O.C[C@H](N)c1cc2cccc(Cl)c2nc1-c1ccccn1.C[C@H](Nc1ncnc2nc[nH]c12)c1cc2cccc(Cl)c2nc1-c1ccccn1. The molecule has 12 aromatic rings. The molecule has 0 saturated heterocycles. The van der Waals surface area contributed by atoms with Gasteiger partial charge in [-0.05, 0) is 111 Å². The molecule has 2 amide bonds. The lowest BCUT2D eigenvalue weighted by Crippen LogP contribution is -2.33. The van der Waals surface area contributed by atoms with Crippen molar-refractivity contribution in [3.8, 4) is 34.2 Å². The van der Waals surface area contributed by atoms with Gasteiger partial charge in [0.2, 0.25) is 0 Å². The molecular formula is C61H46Cl3N13O2. The molecule has 18 heteroatoms. The minimum absolute atomic E-state index is 0.107. The van der Waals surface area contributed by atoms with Crippen molar-refractivity contribution in [2.75, 3.05) is 5.32 Å². The van der Waals surface area contributed by atoms with Gasteiger partial charge in [0.15, 0.2) is 11.5 Å². The number of imide groups is 1. The van der Waals surface area contributed by atoms with Gasteiger partial charge in [0, 0.05) is 51.9 Å². The Hall–Kier alpha value is -9.12. The summed E-state index contributed by atoms with van der Waals surface area (Å²) < 4.78 is 0. The first-order valence-electron chi connectivity index (χ1n) is 25.1. The van der Waals surface area contributed by atoms with Crippen LogP contribution in [0.2, 0.25) is 15.1 Å². The van der Waals surface area contributed by atoms with Crippen LogP contribution in [0.4, 0.5) is 5.82 Å². The molecule has 0 radical (unpaired) electrons. The minimum atomic E-state index is -0.537.